The van der Waals surface area contributed by atoms with Gasteiger partial charge in [-0.3, -0.25) is 4.90 Å². The molecule has 1 aliphatic rings. The van der Waals surface area contributed by atoms with Gasteiger partial charge in [-0.25, -0.2) is 4.98 Å². The molecular weight excluding hydrogens is 442 g/mol. The van der Waals surface area contributed by atoms with E-state index in [2.05, 4.69) is 9.88 Å². The van der Waals surface area contributed by atoms with E-state index in [1.807, 2.05) is 35.0 Å². The van der Waals surface area contributed by atoms with E-state index >= 15 is 0 Å². The molecular formula is C25H30ClN3O4. The molecule has 2 heterocycles. The van der Waals surface area contributed by atoms with Crippen molar-refractivity contribution in [1.29, 1.82) is 0 Å². The number of benzene rings is 2. The van der Waals surface area contributed by atoms with E-state index in [1.165, 1.54) is 0 Å². The second-order valence-electron chi connectivity index (χ2n) is 8.51. The number of hydrogen-bond acceptors (Lipinski definition) is 6. The molecule has 176 valence electrons. The quantitative estimate of drug-likeness (QED) is 0.441. The van der Waals surface area contributed by atoms with Crippen LogP contribution >= 0.6 is 11.6 Å². The minimum absolute atomic E-state index is 0.00631. The third-order valence-corrected chi connectivity index (χ3v) is 6.08. The van der Waals surface area contributed by atoms with Crippen molar-refractivity contribution in [2.45, 2.75) is 37.6 Å². The van der Waals surface area contributed by atoms with Crippen LogP contribution in [0.5, 0.6) is 11.5 Å². The second-order valence-corrected chi connectivity index (χ2v) is 8.95. The Kier molecular flexibility index (Phi) is 7.88. The molecule has 33 heavy (non-hydrogen) atoms. The summed E-state index contributed by atoms with van der Waals surface area (Å²) in [6.07, 6.45) is 6.05. The molecule has 0 amide bonds. The average molecular weight is 472 g/mol. The van der Waals surface area contributed by atoms with E-state index in [0.717, 1.165) is 24.3 Å². The molecule has 0 spiro atoms. The van der Waals surface area contributed by atoms with Crippen LogP contribution in [0, 0.1) is 0 Å². The predicted molar refractivity (Wildman–Crippen MR) is 127 cm³/mol. The summed E-state index contributed by atoms with van der Waals surface area (Å²) in [6.45, 7) is 3.17. The van der Waals surface area contributed by atoms with Crippen LogP contribution in [0.25, 0.3) is 0 Å². The predicted octanol–water partition coefficient (Wildman–Crippen LogP) is 3.38. The SMILES string of the molecule is O[C@H]1CCN(Cc2cccc(OCCCn3ccnc3)c2)C[C@]1(O)COc1ccc(Cl)cc1. The molecule has 1 fully saturated rings. The van der Waals surface area contributed by atoms with Crippen molar-refractivity contribution >= 4 is 11.6 Å². The summed E-state index contributed by atoms with van der Waals surface area (Å²) in [5, 5.41) is 22.2. The van der Waals surface area contributed by atoms with Gasteiger partial charge in [0.05, 0.1) is 19.0 Å². The monoisotopic (exact) mass is 471 g/mol. The fourth-order valence-corrected chi connectivity index (χ4v) is 4.14. The first-order chi connectivity index (χ1) is 16.0. The van der Waals surface area contributed by atoms with Gasteiger partial charge in [-0.2, -0.15) is 0 Å². The standard InChI is InChI=1S/C25H30ClN3O4/c26-21-5-7-22(8-6-21)33-18-25(31)17-29(12-9-24(25)30)16-20-3-1-4-23(15-20)32-14-2-11-28-13-10-27-19-28/h1,3-8,10,13,15,19,24,30-31H,2,9,11-12,14,16-18H2/t24-,25-/m0/s1. The highest BCUT2D eigenvalue weighted by atomic mass is 35.5. The molecule has 1 aliphatic heterocycles. The number of rotatable bonds is 10. The molecule has 0 saturated carbocycles. The third-order valence-electron chi connectivity index (χ3n) is 5.83. The lowest BCUT2D eigenvalue weighted by molar-refractivity contribution is -0.140. The minimum Gasteiger partial charge on any atom is -0.494 e. The number of β-amino-alcohol motifs (C(OH)–C–C–N with tert-alkyl or cyclic N) is 1. The summed E-state index contributed by atoms with van der Waals surface area (Å²) in [7, 11) is 0. The summed E-state index contributed by atoms with van der Waals surface area (Å²) in [6, 6.07) is 15.0. The topological polar surface area (TPSA) is 80.0 Å². The lowest BCUT2D eigenvalue weighted by atomic mass is 9.90. The molecule has 8 heteroatoms. The van der Waals surface area contributed by atoms with Crippen molar-refractivity contribution in [2.75, 3.05) is 26.3 Å². The number of nitrogens with zero attached hydrogens (tertiary/aromatic N) is 3. The van der Waals surface area contributed by atoms with Crippen LogP contribution in [0.2, 0.25) is 5.02 Å². The molecule has 3 aromatic rings. The summed E-state index contributed by atoms with van der Waals surface area (Å²) in [4.78, 5) is 6.18. The molecule has 2 aromatic carbocycles. The number of halogens is 1. The summed E-state index contributed by atoms with van der Waals surface area (Å²) < 4.78 is 13.7. The molecule has 0 bridgehead atoms. The highest BCUT2D eigenvalue weighted by Gasteiger charge is 2.42. The number of piperidine rings is 1. The maximum atomic E-state index is 11.1. The molecule has 0 radical (unpaired) electrons. The molecule has 0 unspecified atom stereocenters. The van der Waals surface area contributed by atoms with Crippen LogP contribution in [0.3, 0.4) is 0 Å². The average Bonchev–Trinajstić information content (AvgIpc) is 3.33. The fourth-order valence-electron chi connectivity index (χ4n) is 4.01. The molecule has 2 atom stereocenters. The highest BCUT2D eigenvalue weighted by molar-refractivity contribution is 6.30. The molecule has 7 nitrogen and oxygen atoms in total. The Morgan fingerprint density at radius 2 is 1.97 bits per heavy atom. The second kappa shape index (κ2) is 11.0. The van der Waals surface area contributed by atoms with Gasteiger partial charge in [0, 0.05) is 43.6 Å². The zero-order valence-electron chi connectivity index (χ0n) is 18.5. The highest BCUT2D eigenvalue weighted by Crippen LogP contribution is 2.26. The Labute approximate surface area is 199 Å². The van der Waals surface area contributed by atoms with Crippen molar-refractivity contribution in [3.05, 3.63) is 77.8 Å². The van der Waals surface area contributed by atoms with Crippen molar-refractivity contribution in [3.8, 4) is 11.5 Å². The van der Waals surface area contributed by atoms with Crippen LogP contribution in [0.15, 0.2) is 67.3 Å². The van der Waals surface area contributed by atoms with Crippen molar-refractivity contribution in [2.24, 2.45) is 0 Å². The third kappa shape index (κ3) is 6.71. The summed E-state index contributed by atoms with van der Waals surface area (Å²) in [5.41, 5.74) is -0.251. The lowest BCUT2D eigenvalue weighted by Crippen LogP contribution is -2.59. The molecule has 2 N–H and O–H groups in total. The van der Waals surface area contributed by atoms with Gasteiger partial charge >= 0.3 is 0 Å². The van der Waals surface area contributed by atoms with E-state index in [9.17, 15) is 10.2 Å². The zero-order valence-corrected chi connectivity index (χ0v) is 19.3. The largest absolute Gasteiger partial charge is 0.494 e. The van der Waals surface area contributed by atoms with E-state index < -0.39 is 11.7 Å². The van der Waals surface area contributed by atoms with Gasteiger partial charge in [0.15, 0.2) is 0 Å². The van der Waals surface area contributed by atoms with Gasteiger partial charge in [-0.1, -0.05) is 23.7 Å². The van der Waals surface area contributed by atoms with Gasteiger partial charge in [-0.05, 0) is 54.8 Å². The Morgan fingerprint density at radius 3 is 2.76 bits per heavy atom. The number of aliphatic hydroxyl groups excluding tert-OH is 1. The van der Waals surface area contributed by atoms with Crippen molar-refractivity contribution in [3.63, 3.8) is 0 Å². The van der Waals surface area contributed by atoms with Gasteiger partial charge in [0.2, 0.25) is 0 Å². The number of aliphatic hydroxyl groups is 2. The molecule has 0 aliphatic carbocycles. The smallest absolute Gasteiger partial charge is 0.137 e. The van der Waals surface area contributed by atoms with Crippen LogP contribution < -0.4 is 9.47 Å². The molecule has 1 aromatic heterocycles. The number of aryl methyl sites for hydroxylation is 1. The van der Waals surface area contributed by atoms with E-state index in [1.54, 1.807) is 36.8 Å². The first-order valence-corrected chi connectivity index (χ1v) is 11.6. The number of likely N-dealkylation sites (tertiary alicyclic amines) is 1. The summed E-state index contributed by atoms with van der Waals surface area (Å²) >= 11 is 5.91. The molecule has 4 rings (SSSR count). The lowest BCUT2D eigenvalue weighted by Gasteiger charge is -2.42. The Balaban J connectivity index is 1.28. The first-order valence-electron chi connectivity index (χ1n) is 11.2. The maximum Gasteiger partial charge on any atom is 0.137 e. The van der Waals surface area contributed by atoms with E-state index in [0.29, 0.717) is 43.4 Å². The fraction of sp³-hybridized carbons (Fsp3) is 0.400. The summed E-state index contributed by atoms with van der Waals surface area (Å²) in [5.74, 6) is 1.44. The number of hydrogen-bond donors (Lipinski definition) is 2. The normalized spacial score (nSPS) is 21.1. The van der Waals surface area contributed by atoms with Gasteiger partial charge in [-0.15, -0.1) is 0 Å². The van der Waals surface area contributed by atoms with Gasteiger partial charge in [0.1, 0.15) is 23.7 Å². The van der Waals surface area contributed by atoms with Crippen LogP contribution in [-0.4, -0.2) is 62.7 Å². The Hall–Kier alpha value is -2.58. The number of ether oxygens (including phenoxy) is 2. The van der Waals surface area contributed by atoms with Crippen LogP contribution in [0.4, 0.5) is 0 Å². The Bertz CT molecular complexity index is 999. The molecule has 1 saturated heterocycles. The number of aromatic nitrogens is 2. The van der Waals surface area contributed by atoms with Crippen molar-refractivity contribution < 1.29 is 19.7 Å². The van der Waals surface area contributed by atoms with Gasteiger partial charge < -0.3 is 24.3 Å². The zero-order chi connectivity index (χ0) is 23.1. The minimum atomic E-state index is -1.35. The Morgan fingerprint density at radius 1 is 1.12 bits per heavy atom. The number of imidazole rings is 1. The van der Waals surface area contributed by atoms with Crippen LogP contribution in [0.1, 0.15) is 18.4 Å². The first kappa shape index (κ1) is 23.6. The maximum absolute atomic E-state index is 11.1. The van der Waals surface area contributed by atoms with E-state index in [4.69, 9.17) is 21.1 Å². The van der Waals surface area contributed by atoms with Crippen molar-refractivity contribution in [1.82, 2.24) is 14.5 Å². The van der Waals surface area contributed by atoms with E-state index in [-0.39, 0.29) is 6.61 Å². The van der Waals surface area contributed by atoms with Crippen LogP contribution in [-0.2, 0) is 13.1 Å². The van der Waals surface area contributed by atoms with Gasteiger partial charge in [0.25, 0.3) is 0 Å².